The predicted octanol–water partition coefficient (Wildman–Crippen LogP) is 1.81. The van der Waals surface area contributed by atoms with E-state index in [1.807, 2.05) is 18.2 Å². The predicted molar refractivity (Wildman–Crippen MR) is 93.1 cm³/mol. The molecule has 1 unspecified atom stereocenters. The number of aliphatic hydroxyl groups excluding tert-OH is 1. The van der Waals surface area contributed by atoms with E-state index >= 15 is 0 Å². The fourth-order valence-corrected chi connectivity index (χ4v) is 2.57. The van der Waals surface area contributed by atoms with Crippen molar-refractivity contribution in [1.82, 2.24) is 10.3 Å². The van der Waals surface area contributed by atoms with Crippen LogP contribution in [-0.2, 0) is 17.6 Å². The molecule has 0 spiro atoms. The Bertz CT molecular complexity index is 734. The third-order valence-corrected chi connectivity index (χ3v) is 4.04. The Morgan fingerprint density at radius 1 is 1.32 bits per heavy atom. The van der Waals surface area contributed by atoms with Crippen LogP contribution in [0.5, 0.6) is 0 Å². The van der Waals surface area contributed by atoms with Gasteiger partial charge in [0.05, 0.1) is 11.3 Å². The number of nitrogens with zero attached hydrogens (tertiary/aromatic N) is 2. The molecule has 1 atom stereocenters. The van der Waals surface area contributed by atoms with Crippen LogP contribution >= 0.6 is 0 Å². The first-order chi connectivity index (χ1) is 12.0. The quantitative estimate of drug-likeness (QED) is 0.562. The Morgan fingerprint density at radius 2 is 2.12 bits per heavy atom. The minimum absolute atomic E-state index is 0.00804. The Hall–Kier alpha value is -2.80. The molecule has 7 nitrogen and oxygen atoms in total. The van der Waals surface area contributed by atoms with E-state index in [0.717, 1.165) is 5.69 Å². The van der Waals surface area contributed by atoms with Gasteiger partial charge in [0, 0.05) is 42.6 Å². The van der Waals surface area contributed by atoms with Crippen molar-refractivity contribution < 1.29 is 14.8 Å². The summed E-state index contributed by atoms with van der Waals surface area (Å²) in [5.74, 6) is -0.367. The third-order valence-electron chi connectivity index (χ3n) is 4.04. The number of aromatic nitrogens is 1. The van der Waals surface area contributed by atoms with E-state index in [-0.39, 0.29) is 30.5 Å². The second kappa shape index (κ2) is 8.89. The highest BCUT2D eigenvalue weighted by Crippen LogP contribution is 2.21. The highest BCUT2D eigenvalue weighted by Gasteiger charge is 2.16. The van der Waals surface area contributed by atoms with Gasteiger partial charge in [-0.2, -0.15) is 0 Å². The molecule has 0 radical (unpaired) electrons. The van der Waals surface area contributed by atoms with Crippen LogP contribution in [0.1, 0.15) is 16.8 Å². The number of aliphatic hydroxyl groups is 1. The van der Waals surface area contributed by atoms with Gasteiger partial charge in [0.2, 0.25) is 5.91 Å². The maximum absolute atomic E-state index is 12.1. The Morgan fingerprint density at radius 3 is 2.76 bits per heavy atom. The molecule has 0 bridgehead atoms. The van der Waals surface area contributed by atoms with Crippen molar-refractivity contribution >= 4 is 11.6 Å². The summed E-state index contributed by atoms with van der Waals surface area (Å²) in [6, 6.07) is 10.3. The van der Waals surface area contributed by atoms with Gasteiger partial charge in [0.15, 0.2) is 0 Å². The molecule has 0 aliphatic carbocycles. The molecule has 2 aromatic rings. The number of nitro groups is 1. The van der Waals surface area contributed by atoms with E-state index < -0.39 is 4.92 Å². The lowest BCUT2D eigenvalue weighted by atomic mass is 10.0. The zero-order chi connectivity index (χ0) is 18.2. The largest absolute Gasteiger partial charge is 0.396 e. The summed E-state index contributed by atoms with van der Waals surface area (Å²) >= 11 is 0. The molecule has 7 heteroatoms. The van der Waals surface area contributed by atoms with Crippen molar-refractivity contribution in [3.05, 3.63) is 69.5 Å². The molecule has 1 amide bonds. The molecule has 0 aliphatic rings. The van der Waals surface area contributed by atoms with Crippen LogP contribution in [-0.4, -0.2) is 34.1 Å². The summed E-state index contributed by atoms with van der Waals surface area (Å²) in [5.41, 5.74) is 1.98. The van der Waals surface area contributed by atoms with Gasteiger partial charge in [0.25, 0.3) is 5.69 Å². The van der Waals surface area contributed by atoms with Crippen LogP contribution in [0.4, 0.5) is 5.69 Å². The van der Waals surface area contributed by atoms with E-state index in [1.165, 1.54) is 6.07 Å². The Labute approximate surface area is 145 Å². The molecule has 25 heavy (non-hydrogen) atoms. The molecule has 0 saturated heterocycles. The number of nitro benzene ring substituents is 1. The summed E-state index contributed by atoms with van der Waals surface area (Å²) in [5, 5.41) is 23.2. The van der Waals surface area contributed by atoms with E-state index in [0.29, 0.717) is 24.1 Å². The van der Waals surface area contributed by atoms with Crippen molar-refractivity contribution in [2.75, 3.05) is 13.2 Å². The summed E-state index contributed by atoms with van der Waals surface area (Å²) in [6.45, 7) is 1.89. The van der Waals surface area contributed by atoms with Crippen LogP contribution in [0.2, 0.25) is 0 Å². The molecular formula is C18H21N3O4. The molecule has 1 aromatic carbocycles. The Kier molecular flexibility index (Phi) is 6.59. The van der Waals surface area contributed by atoms with E-state index in [9.17, 15) is 20.0 Å². The topological polar surface area (TPSA) is 105 Å². The van der Waals surface area contributed by atoms with Crippen molar-refractivity contribution in [3.63, 3.8) is 0 Å². The molecule has 1 heterocycles. The van der Waals surface area contributed by atoms with Gasteiger partial charge >= 0.3 is 0 Å². The number of amides is 1. The molecule has 0 fully saturated rings. The summed E-state index contributed by atoms with van der Waals surface area (Å²) in [7, 11) is 0. The van der Waals surface area contributed by atoms with E-state index in [1.54, 1.807) is 25.3 Å². The highest BCUT2D eigenvalue weighted by atomic mass is 16.6. The first kappa shape index (κ1) is 18.5. The molecule has 2 N–H and O–H groups in total. The van der Waals surface area contributed by atoms with Gasteiger partial charge in [-0.05, 0) is 31.0 Å². The summed E-state index contributed by atoms with van der Waals surface area (Å²) in [6.07, 6.45) is 2.32. The molecule has 2 rings (SSSR count). The smallest absolute Gasteiger partial charge is 0.272 e. The van der Waals surface area contributed by atoms with Gasteiger partial charge in [-0.1, -0.05) is 18.2 Å². The second-order valence-corrected chi connectivity index (χ2v) is 5.87. The Balaban J connectivity index is 1.91. The maximum atomic E-state index is 12.1. The lowest BCUT2D eigenvalue weighted by Crippen LogP contribution is -2.33. The lowest BCUT2D eigenvalue weighted by Gasteiger charge is -2.15. The van der Waals surface area contributed by atoms with E-state index in [2.05, 4.69) is 10.3 Å². The fourth-order valence-electron chi connectivity index (χ4n) is 2.57. The average molecular weight is 343 g/mol. The summed E-state index contributed by atoms with van der Waals surface area (Å²) < 4.78 is 0. The number of hydrogen-bond donors (Lipinski definition) is 2. The number of rotatable bonds is 8. The number of pyridine rings is 1. The minimum Gasteiger partial charge on any atom is -0.396 e. The van der Waals surface area contributed by atoms with E-state index in [4.69, 9.17) is 0 Å². The lowest BCUT2D eigenvalue weighted by molar-refractivity contribution is -0.385. The highest BCUT2D eigenvalue weighted by molar-refractivity contribution is 5.79. The van der Waals surface area contributed by atoms with Gasteiger partial charge < -0.3 is 10.4 Å². The van der Waals surface area contributed by atoms with Crippen molar-refractivity contribution in [3.8, 4) is 0 Å². The van der Waals surface area contributed by atoms with Crippen LogP contribution in [0.25, 0.3) is 0 Å². The normalized spacial score (nSPS) is 11.8. The molecule has 0 aliphatic heterocycles. The maximum Gasteiger partial charge on any atom is 0.272 e. The van der Waals surface area contributed by atoms with Crippen molar-refractivity contribution in [1.29, 1.82) is 0 Å². The number of hydrogen-bond acceptors (Lipinski definition) is 5. The van der Waals surface area contributed by atoms with Crippen LogP contribution in [0.3, 0.4) is 0 Å². The molecular weight excluding hydrogens is 322 g/mol. The zero-order valence-corrected chi connectivity index (χ0v) is 14.0. The fraction of sp³-hybridized carbons (Fsp3) is 0.333. The van der Waals surface area contributed by atoms with Crippen molar-refractivity contribution in [2.45, 2.75) is 19.8 Å². The molecule has 0 saturated carbocycles. The number of carbonyl (C=O) groups is 1. The van der Waals surface area contributed by atoms with Gasteiger partial charge in [-0.25, -0.2) is 0 Å². The first-order valence-electron chi connectivity index (χ1n) is 8.01. The number of benzene rings is 1. The standard InChI is InChI=1S/C18H21N3O4/c1-13-15(5-4-7-17(13)21(24)25)10-18(23)20-11-14(12-22)9-16-6-2-3-8-19-16/h2-8,14,22H,9-12H2,1H3,(H,20,23). The second-order valence-electron chi connectivity index (χ2n) is 5.87. The summed E-state index contributed by atoms with van der Waals surface area (Å²) in [4.78, 5) is 26.9. The number of carbonyl (C=O) groups excluding carboxylic acids is 1. The van der Waals surface area contributed by atoms with Gasteiger partial charge in [-0.3, -0.25) is 19.9 Å². The SMILES string of the molecule is Cc1c(CC(=O)NCC(CO)Cc2ccccn2)cccc1[N+](=O)[O-]. The van der Waals surface area contributed by atoms with Gasteiger partial charge in [-0.15, -0.1) is 0 Å². The minimum atomic E-state index is -0.453. The third kappa shape index (κ3) is 5.36. The molecule has 1 aromatic heterocycles. The zero-order valence-electron chi connectivity index (χ0n) is 14.0. The average Bonchev–Trinajstić information content (AvgIpc) is 2.61. The van der Waals surface area contributed by atoms with Crippen LogP contribution in [0, 0.1) is 23.0 Å². The van der Waals surface area contributed by atoms with Crippen LogP contribution < -0.4 is 5.32 Å². The monoisotopic (exact) mass is 343 g/mol. The van der Waals surface area contributed by atoms with Crippen molar-refractivity contribution in [2.24, 2.45) is 5.92 Å². The molecule has 132 valence electrons. The van der Waals surface area contributed by atoms with Crippen LogP contribution in [0.15, 0.2) is 42.6 Å². The van der Waals surface area contributed by atoms with Gasteiger partial charge in [0.1, 0.15) is 0 Å². The number of nitrogens with one attached hydrogen (secondary N) is 1. The first-order valence-corrected chi connectivity index (χ1v) is 8.01.